The minimum Gasteiger partial charge on any atom is -0.481 e. The third-order valence-corrected chi connectivity index (χ3v) is 3.65. The van der Waals surface area contributed by atoms with Crippen molar-refractivity contribution < 1.29 is 14.3 Å². The SMILES string of the molecule is CC(=O)c1cccc(O[C@@H](C)C(=O)Nc2c(C)cccc2C)c1. The quantitative estimate of drug-likeness (QED) is 0.852. The molecule has 1 atom stereocenters. The van der Waals surface area contributed by atoms with Crippen LogP contribution in [0.4, 0.5) is 5.69 Å². The number of amides is 1. The number of aryl methyl sites for hydroxylation is 2. The summed E-state index contributed by atoms with van der Waals surface area (Å²) in [5.74, 6) is 0.237. The maximum atomic E-state index is 12.3. The fourth-order valence-electron chi connectivity index (χ4n) is 2.28. The molecule has 0 aromatic heterocycles. The number of carbonyl (C=O) groups is 2. The molecule has 23 heavy (non-hydrogen) atoms. The summed E-state index contributed by atoms with van der Waals surface area (Å²) in [5, 5.41) is 2.91. The summed E-state index contributed by atoms with van der Waals surface area (Å²) in [7, 11) is 0. The van der Waals surface area contributed by atoms with E-state index in [0.29, 0.717) is 11.3 Å². The maximum absolute atomic E-state index is 12.3. The fraction of sp³-hybridized carbons (Fsp3) is 0.263. The highest BCUT2D eigenvalue weighted by Crippen LogP contribution is 2.21. The smallest absolute Gasteiger partial charge is 0.265 e. The summed E-state index contributed by atoms with van der Waals surface area (Å²) >= 11 is 0. The molecular formula is C19H21NO3. The minimum absolute atomic E-state index is 0.0388. The third-order valence-electron chi connectivity index (χ3n) is 3.65. The molecule has 1 amide bonds. The van der Waals surface area contributed by atoms with E-state index in [2.05, 4.69) is 5.32 Å². The molecule has 0 saturated heterocycles. The lowest BCUT2D eigenvalue weighted by Gasteiger charge is -2.17. The van der Waals surface area contributed by atoms with Gasteiger partial charge in [0.05, 0.1) is 0 Å². The molecule has 0 spiro atoms. The van der Waals surface area contributed by atoms with Crippen molar-refractivity contribution in [2.24, 2.45) is 0 Å². The van der Waals surface area contributed by atoms with Gasteiger partial charge in [-0.05, 0) is 51.0 Å². The van der Waals surface area contributed by atoms with Crippen LogP contribution in [-0.4, -0.2) is 17.8 Å². The molecule has 0 radical (unpaired) electrons. The van der Waals surface area contributed by atoms with E-state index >= 15 is 0 Å². The topological polar surface area (TPSA) is 55.4 Å². The predicted octanol–water partition coefficient (Wildman–Crippen LogP) is 3.91. The lowest BCUT2D eigenvalue weighted by atomic mass is 10.1. The number of nitrogens with one attached hydrogen (secondary N) is 1. The molecule has 4 nitrogen and oxygen atoms in total. The number of ketones is 1. The fourth-order valence-corrected chi connectivity index (χ4v) is 2.28. The van der Waals surface area contributed by atoms with Gasteiger partial charge in [-0.25, -0.2) is 0 Å². The van der Waals surface area contributed by atoms with Crippen LogP contribution in [0.3, 0.4) is 0 Å². The highest BCUT2D eigenvalue weighted by atomic mass is 16.5. The molecule has 2 rings (SSSR count). The van der Waals surface area contributed by atoms with Crippen LogP contribution in [0.25, 0.3) is 0 Å². The summed E-state index contributed by atoms with van der Waals surface area (Å²) in [6, 6.07) is 12.7. The van der Waals surface area contributed by atoms with Crippen LogP contribution in [0.1, 0.15) is 35.3 Å². The van der Waals surface area contributed by atoms with Crippen molar-refractivity contribution in [1.82, 2.24) is 0 Å². The average molecular weight is 311 g/mol. The molecule has 2 aromatic carbocycles. The third kappa shape index (κ3) is 4.19. The van der Waals surface area contributed by atoms with Crippen molar-refractivity contribution in [2.75, 3.05) is 5.32 Å². The van der Waals surface area contributed by atoms with Crippen LogP contribution >= 0.6 is 0 Å². The largest absolute Gasteiger partial charge is 0.481 e. The van der Waals surface area contributed by atoms with E-state index < -0.39 is 6.10 Å². The van der Waals surface area contributed by atoms with E-state index in [1.54, 1.807) is 31.2 Å². The molecule has 0 bridgehead atoms. The summed E-state index contributed by atoms with van der Waals surface area (Å²) in [6.45, 7) is 7.08. The molecule has 0 unspecified atom stereocenters. The molecule has 0 aliphatic carbocycles. The molecule has 0 saturated carbocycles. The van der Waals surface area contributed by atoms with E-state index in [1.165, 1.54) is 6.92 Å². The molecule has 0 fully saturated rings. The van der Waals surface area contributed by atoms with Gasteiger partial charge >= 0.3 is 0 Å². The first-order valence-electron chi connectivity index (χ1n) is 7.53. The van der Waals surface area contributed by atoms with Gasteiger partial charge < -0.3 is 10.1 Å². The number of para-hydroxylation sites is 1. The molecule has 2 aromatic rings. The summed E-state index contributed by atoms with van der Waals surface area (Å²) in [4.78, 5) is 23.7. The Morgan fingerprint density at radius 3 is 2.26 bits per heavy atom. The molecular weight excluding hydrogens is 290 g/mol. The number of anilines is 1. The van der Waals surface area contributed by atoms with Crippen LogP contribution in [0, 0.1) is 13.8 Å². The van der Waals surface area contributed by atoms with Crippen molar-refractivity contribution in [2.45, 2.75) is 33.8 Å². The van der Waals surface area contributed by atoms with Crippen LogP contribution in [0.5, 0.6) is 5.75 Å². The van der Waals surface area contributed by atoms with Gasteiger partial charge in [0.25, 0.3) is 5.91 Å². The van der Waals surface area contributed by atoms with Crippen molar-refractivity contribution in [3.05, 3.63) is 59.2 Å². The van der Waals surface area contributed by atoms with Crippen molar-refractivity contribution in [3.63, 3.8) is 0 Å². The standard InChI is InChI=1S/C19H21NO3/c1-12-7-5-8-13(2)18(12)20-19(22)15(4)23-17-10-6-9-16(11-17)14(3)21/h5-11,15H,1-4H3,(H,20,22)/t15-/m0/s1. The Bertz CT molecular complexity index is 717. The second-order valence-electron chi connectivity index (χ2n) is 5.60. The summed E-state index contributed by atoms with van der Waals surface area (Å²) in [5.41, 5.74) is 3.38. The Balaban J connectivity index is 2.08. The average Bonchev–Trinajstić information content (AvgIpc) is 2.51. The molecule has 120 valence electrons. The molecule has 4 heteroatoms. The number of hydrogen-bond acceptors (Lipinski definition) is 3. The van der Waals surface area contributed by atoms with Gasteiger partial charge in [0.2, 0.25) is 0 Å². The van der Waals surface area contributed by atoms with Gasteiger partial charge in [0.1, 0.15) is 5.75 Å². The molecule has 0 aliphatic rings. The van der Waals surface area contributed by atoms with Crippen LogP contribution < -0.4 is 10.1 Å². The number of hydrogen-bond donors (Lipinski definition) is 1. The number of ether oxygens (including phenoxy) is 1. The van der Waals surface area contributed by atoms with Gasteiger partial charge in [-0.2, -0.15) is 0 Å². The highest BCUT2D eigenvalue weighted by molar-refractivity contribution is 5.96. The van der Waals surface area contributed by atoms with E-state index in [1.807, 2.05) is 32.0 Å². The van der Waals surface area contributed by atoms with Crippen LogP contribution in [0.2, 0.25) is 0 Å². The summed E-state index contributed by atoms with van der Waals surface area (Å²) < 4.78 is 5.65. The Morgan fingerprint density at radius 2 is 1.65 bits per heavy atom. The Morgan fingerprint density at radius 1 is 1.04 bits per heavy atom. The first-order chi connectivity index (χ1) is 10.9. The first kappa shape index (κ1) is 16.7. The van der Waals surface area contributed by atoms with E-state index in [4.69, 9.17) is 4.74 Å². The number of rotatable bonds is 5. The van der Waals surface area contributed by atoms with Crippen LogP contribution in [0.15, 0.2) is 42.5 Å². The Kier molecular flexibility index (Phi) is 5.16. The van der Waals surface area contributed by atoms with E-state index in [9.17, 15) is 9.59 Å². The molecule has 1 N–H and O–H groups in total. The van der Waals surface area contributed by atoms with Crippen molar-refractivity contribution >= 4 is 17.4 Å². The monoisotopic (exact) mass is 311 g/mol. The van der Waals surface area contributed by atoms with E-state index in [-0.39, 0.29) is 11.7 Å². The second kappa shape index (κ2) is 7.09. The normalized spacial score (nSPS) is 11.7. The predicted molar refractivity (Wildman–Crippen MR) is 91.1 cm³/mol. The number of carbonyl (C=O) groups excluding carboxylic acids is 2. The zero-order valence-corrected chi connectivity index (χ0v) is 13.8. The van der Waals surface area contributed by atoms with Gasteiger partial charge in [0, 0.05) is 11.3 Å². The van der Waals surface area contributed by atoms with Crippen molar-refractivity contribution in [1.29, 1.82) is 0 Å². The number of Topliss-reactive ketones (excluding diaryl/α,β-unsaturated/α-hetero) is 1. The Labute approximate surface area is 136 Å². The number of benzene rings is 2. The minimum atomic E-state index is -0.670. The highest BCUT2D eigenvalue weighted by Gasteiger charge is 2.17. The second-order valence-corrected chi connectivity index (χ2v) is 5.60. The van der Waals surface area contributed by atoms with Crippen LogP contribution in [-0.2, 0) is 4.79 Å². The molecule has 0 aliphatic heterocycles. The lowest BCUT2D eigenvalue weighted by Crippen LogP contribution is -2.30. The summed E-state index contributed by atoms with van der Waals surface area (Å²) in [6.07, 6.45) is -0.670. The van der Waals surface area contributed by atoms with E-state index in [0.717, 1.165) is 16.8 Å². The zero-order valence-electron chi connectivity index (χ0n) is 13.8. The molecule has 0 heterocycles. The van der Waals surface area contributed by atoms with Gasteiger partial charge in [-0.15, -0.1) is 0 Å². The van der Waals surface area contributed by atoms with Gasteiger partial charge in [0.15, 0.2) is 11.9 Å². The Hall–Kier alpha value is -2.62. The van der Waals surface area contributed by atoms with Gasteiger partial charge in [-0.1, -0.05) is 30.3 Å². The first-order valence-corrected chi connectivity index (χ1v) is 7.53. The maximum Gasteiger partial charge on any atom is 0.265 e. The van der Waals surface area contributed by atoms with Crippen molar-refractivity contribution in [3.8, 4) is 5.75 Å². The lowest BCUT2D eigenvalue weighted by molar-refractivity contribution is -0.122. The zero-order chi connectivity index (χ0) is 17.0. The van der Waals surface area contributed by atoms with Gasteiger partial charge in [-0.3, -0.25) is 9.59 Å².